The zero-order valence-corrected chi connectivity index (χ0v) is 14.4. The van der Waals surface area contributed by atoms with E-state index >= 15 is 0 Å². The van der Waals surface area contributed by atoms with Crippen molar-refractivity contribution in [1.29, 1.82) is 0 Å². The first kappa shape index (κ1) is 15.2. The maximum atomic E-state index is 5.99. The molecule has 0 bridgehead atoms. The Morgan fingerprint density at radius 1 is 1.42 bits per heavy atom. The van der Waals surface area contributed by atoms with E-state index in [2.05, 4.69) is 59.8 Å². The highest BCUT2D eigenvalue weighted by Gasteiger charge is 2.26. The molecule has 1 aromatic rings. The van der Waals surface area contributed by atoms with Crippen LogP contribution in [-0.2, 0) is 0 Å². The van der Waals surface area contributed by atoms with Crippen molar-refractivity contribution in [3.63, 3.8) is 0 Å². The van der Waals surface area contributed by atoms with Crippen molar-refractivity contribution < 1.29 is 0 Å². The van der Waals surface area contributed by atoms with E-state index in [1.165, 1.54) is 8.66 Å². The molecule has 106 valence electrons. The minimum Gasteiger partial charge on any atom is -0.329 e. The number of thiophene rings is 1. The lowest BCUT2D eigenvalue weighted by atomic mass is 9.82. The average Bonchev–Trinajstić information content (AvgIpc) is 2.76. The number of nitrogens with zero attached hydrogens (tertiary/aromatic N) is 1. The molecular formula is C15H23BrN2S. The number of halogens is 1. The Morgan fingerprint density at radius 3 is 2.58 bits per heavy atom. The van der Waals surface area contributed by atoms with E-state index < -0.39 is 0 Å². The number of hydrogen-bond donors (Lipinski definition) is 1. The Bertz CT molecular complexity index is 459. The minimum atomic E-state index is 0.302. The van der Waals surface area contributed by atoms with Gasteiger partial charge < -0.3 is 5.73 Å². The van der Waals surface area contributed by atoms with Crippen LogP contribution in [0.1, 0.15) is 38.1 Å². The second kappa shape index (κ2) is 6.08. The molecule has 1 unspecified atom stereocenters. The second-order valence-electron chi connectivity index (χ2n) is 6.12. The molecule has 2 N–H and O–H groups in total. The van der Waals surface area contributed by atoms with Gasteiger partial charge in [0.15, 0.2) is 0 Å². The molecule has 1 atom stereocenters. The molecule has 0 spiro atoms. The van der Waals surface area contributed by atoms with Gasteiger partial charge >= 0.3 is 0 Å². The zero-order valence-electron chi connectivity index (χ0n) is 11.9. The highest BCUT2D eigenvalue weighted by molar-refractivity contribution is 9.11. The predicted molar refractivity (Wildman–Crippen MR) is 87.5 cm³/mol. The van der Waals surface area contributed by atoms with E-state index in [-0.39, 0.29) is 0 Å². The van der Waals surface area contributed by atoms with Gasteiger partial charge in [-0.3, -0.25) is 4.90 Å². The van der Waals surface area contributed by atoms with Crippen molar-refractivity contribution in [1.82, 2.24) is 4.90 Å². The van der Waals surface area contributed by atoms with Crippen LogP contribution in [0.25, 0.3) is 0 Å². The summed E-state index contributed by atoms with van der Waals surface area (Å²) in [6.07, 6.45) is 3.56. The van der Waals surface area contributed by atoms with Crippen molar-refractivity contribution in [2.75, 3.05) is 19.6 Å². The topological polar surface area (TPSA) is 29.3 Å². The van der Waals surface area contributed by atoms with Crippen LogP contribution < -0.4 is 5.73 Å². The number of hydrogen-bond acceptors (Lipinski definition) is 3. The minimum absolute atomic E-state index is 0.302. The lowest BCUT2D eigenvalue weighted by Gasteiger charge is -2.36. The van der Waals surface area contributed by atoms with Gasteiger partial charge in [-0.05, 0) is 39.9 Å². The molecule has 19 heavy (non-hydrogen) atoms. The van der Waals surface area contributed by atoms with Crippen LogP contribution in [0.4, 0.5) is 0 Å². The van der Waals surface area contributed by atoms with E-state index in [0.717, 1.165) is 19.5 Å². The molecule has 4 heteroatoms. The normalized spacial score (nSPS) is 19.3. The summed E-state index contributed by atoms with van der Waals surface area (Å²) in [4.78, 5) is 3.86. The Balaban J connectivity index is 2.09. The van der Waals surface area contributed by atoms with Crippen LogP contribution in [0, 0.1) is 5.41 Å². The first-order valence-electron chi connectivity index (χ1n) is 6.80. The summed E-state index contributed by atoms with van der Waals surface area (Å²) in [5, 5.41) is 0. The molecule has 0 saturated heterocycles. The van der Waals surface area contributed by atoms with E-state index in [1.54, 1.807) is 16.9 Å². The van der Waals surface area contributed by atoms with Crippen LogP contribution in [-0.4, -0.2) is 24.5 Å². The lowest BCUT2D eigenvalue weighted by Crippen LogP contribution is -2.37. The third-order valence-electron chi connectivity index (χ3n) is 3.79. The lowest BCUT2D eigenvalue weighted by molar-refractivity contribution is 0.212. The SMILES string of the molecule is CC(C)(C)C1=CCN(C(CN)c2ccc(Br)s2)CC1. The van der Waals surface area contributed by atoms with Gasteiger partial charge in [-0.25, -0.2) is 0 Å². The van der Waals surface area contributed by atoms with Gasteiger partial charge in [0.05, 0.1) is 9.83 Å². The first-order valence-corrected chi connectivity index (χ1v) is 8.41. The Hall–Kier alpha value is -0.160. The molecule has 0 amide bonds. The fourth-order valence-electron chi connectivity index (χ4n) is 2.60. The van der Waals surface area contributed by atoms with Gasteiger partial charge in [-0.1, -0.05) is 32.4 Å². The van der Waals surface area contributed by atoms with Crippen molar-refractivity contribution in [3.8, 4) is 0 Å². The van der Waals surface area contributed by atoms with Gasteiger partial charge in [0, 0.05) is 24.5 Å². The average molecular weight is 343 g/mol. The van der Waals surface area contributed by atoms with Crippen molar-refractivity contribution in [2.24, 2.45) is 11.1 Å². The highest BCUT2D eigenvalue weighted by atomic mass is 79.9. The quantitative estimate of drug-likeness (QED) is 0.834. The Kier molecular flexibility index (Phi) is 4.88. The standard InChI is InChI=1S/C15H23BrN2S/c1-15(2,3)11-6-8-18(9-7-11)12(10-17)13-4-5-14(16)19-13/h4-6,12H,7-10,17H2,1-3H3. The van der Waals surface area contributed by atoms with Crippen molar-refractivity contribution >= 4 is 27.3 Å². The molecule has 2 heterocycles. The molecular weight excluding hydrogens is 320 g/mol. The first-order chi connectivity index (χ1) is 8.91. The van der Waals surface area contributed by atoms with Crippen molar-refractivity contribution in [2.45, 2.75) is 33.2 Å². The molecule has 2 nitrogen and oxygen atoms in total. The van der Waals surface area contributed by atoms with Gasteiger partial charge in [-0.15, -0.1) is 11.3 Å². The third-order valence-corrected chi connectivity index (χ3v) is 5.52. The Labute approximate surface area is 128 Å². The molecule has 1 aliphatic rings. The van der Waals surface area contributed by atoms with E-state index in [9.17, 15) is 0 Å². The predicted octanol–water partition coefficient (Wildman–Crippen LogP) is 4.19. The molecule has 0 fully saturated rings. The summed E-state index contributed by atoms with van der Waals surface area (Å²) in [6.45, 7) is 9.71. The molecule has 0 radical (unpaired) electrons. The summed E-state index contributed by atoms with van der Waals surface area (Å²) < 4.78 is 1.18. The highest BCUT2D eigenvalue weighted by Crippen LogP contribution is 2.35. The van der Waals surface area contributed by atoms with Gasteiger partial charge in [0.1, 0.15) is 0 Å². The fraction of sp³-hybridized carbons (Fsp3) is 0.600. The molecule has 1 aliphatic heterocycles. The van der Waals surface area contributed by atoms with Gasteiger partial charge in [0.2, 0.25) is 0 Å². The Morgan fingerprint density at radius 2 is 2.16 bits per heavy atom. The van der Waals surface area contributed by atoms with E-state index in [0.29, 0.717) is 18.0 Å². The summed E-state index contributed by atoms with van der Waals surface area (Å²) in [6, 6.07) is 4.66. The van der Waals surface area contributed by atoms with Crippen LogP contribution in [0.2, 0.25) is 0 Å². The zero-order chi connectivity index (χ0) is 14.0. The van der Waals surface area contributed by atoms with E-state index in [4.69, 9.17) is 5.73 Å². The summed E-state index contributed by atoms with van der Waals surface area (Å²) in [7, 11) is 0. The summed E-state index contributed by atoms with van der Waals surface area (Å²) in [5.41, 5.74) is 7.87. The summed E-state index contributed by atoms with van der Waals surface area (Å²) >= 11 is 5.33. The molecule has 2 rings (SSSR count). The van der Waals surface area contributed by atoms with E-state index in [1.807, 2.05) is 0 Å². The smallest absolute Gasteiger partial charge is 0.0702 e. The van der Waals surface area contributed by atoms with Gasteiger partial charge in [0.25, 0.3) is 0 Å². The monoisotopic (exact) mass is 342 g/mol. The largest absolute Gasteiger partial charge is 0.329 e. The second-order valence-corrected chi connectivity index (χ2v) is 8.61. The van der Waals surface area contributed by atoms with Crippen LogP contribution in [0.15, 0.2) is 27.6 Å². The maximum absolute atomic E-state index is 5.99. The number of nitrogens with two attached hydrogens (primary N) is 1. The van der Waals surface area contributed by atoms with Crippen molar-refractivity contribution in [3.05, 3.63) is 32.4 Å². The maximum Gasteiger partial charge on any atom is 0.0702 e. The van der Waals surface area contributed by atoms with Crippen LogP contribution in [0.3, 0.4) is 0 Å². The van der Waals surface area contributed by atoms with Crippen LogP contribution >= 0.6 is 27.3 Å². The molecule has 0 aliphatic carbocycles. The molecule has 0 saturated carbocycles. The molecule has 1 aromatic heterocycles. The van der Waals surface area contributed by atoms with Crippen LogP contribution in [0.5, 0.6) is 0 Å². The van der Waals surface area contributed by atoms with Gasteiger partial charge in [-0.2, -0.15) is 0 Å². The fourth-order valence-corrected chi connectivity index (χ4v) is 4.17. The molecule has 0 aromatic carbocycles. The summed E-state index contributed by atoms with van der Waals surface area (Å²) in [5.74, 6) is 0. The third kappa shape index (κ3) is 3.69. The number of rotatable bonds is 3.